The summed E-state index contributed by atoms with van der Waals surface area (Å²) in [6.45, 7) is 0. The van der Waals surface area contributed by atoms with E-state index in [2.05, 4.69) is 20.9 Å². The zero-order valence-corrected chi connectivity index (χ0v) is 11.9. The summed E-state index contributed by atoms with van der Waals surface area (Å²) in [5, 5.41) is 9.43. The van der Waals surface area contributed by atoms with Gasteiger partial charge in [0.15, 0.2) is 0 Å². The number of benzene rings is 1. The van der Waals surface area contributed by atoms with Crippen molar-refractivity contribution in [3.05, 3.63) is 64.1 Å². The maximum absolute atomic E-state index is 13.4. The molecule has 94 valence electrons. The lowest BCUT2D eigenvalue weighted by molar-refractivity contribution is 0.626. The van der Waals surface area contributed by atoms with E-state index in [1.54, 1.807) is 30.6 Å². The SMILES string of the molecule is N#C/C(=C(\Cl)c1cc(F)cc(Br)c1)c1ccncc1. The molecule has 0 unspecified atom stereocenters. The molecule has 5 heteroatoms. The van der Waals surface area contributed by atoms with Crippen molar-refractivity contribution in [2.75, 3.05) is 0 Å². The van der Waals surface area contributed by atoms with Crippen LogP contribution in [0.3, 0.4) is 0 Å². The van der Waals surface area contributed by atoms with Gasteiger partial charge in [0.2, 0.25) is 0 Å². The van der Waals surface area contributed by atoms with Gasteiger partial charge in [0.05, 0.1) is 10.6 Å². The summed E-state index contributed by atoms with van der Waals surface area (Å²) in [5.41, 5.74) is 1.37. The van der Waals surface area contributed by atoms with Crippen molar-refractivity contribution < 1.29 is 4.39 Å². The molecule has 1 heterocycles. The van der Waals surface area contributed by atoms with Crippen LogP contribution >= 0.6 is 27.5 Å². The summed E-state index contributed by atoms with van der Waals surface area (Å²) in [6, 6.07) is 9.66. The van der Waals surface area contributed by atoms with Crippen LogP contribution in [-0.2, 0) is 0 Å². The zero-order valence-electron chi connectivity index (χ0n) is 9.57. The quantitative estimate of drug-likeness (QED) is 0.750. The molecule has 0 atom stereocenters. The van der Waals surface area contributed by atoms with Crippen LogP contribution in [0.15, 0.2) is 47.2 Å². The second-order valence-electron chi connectivity index (χ2n) is 3.69. The highest BCUT2D eigenvalue weighted by Gasteiger charge is 2.11. The lowest BCUT2D eigenvalue weighted by Crippen LogP contribution is -1.88. The minimum absolute atomic E-state index is 0.203. The van der Waals surface area contributed by atoms with Crippen molar-refractivity contribution in [2.45, 2.75) is 0 Å². The third-order valence-corrected chi connectivity index (χ3v) is 3.28. The van der Waals surface area contributed by atoms with Gasteiger partial charge in [-0.2, -0.15) is 5.26 Å². The van der Waals surface area contributed by atoms with Gasteiger partial charge in [-0.15, -0.1) is 0 Å². The molecule has 2 rings (SSSR count). The van der Waals surface area contributed by atoms with E-state index in [1.807, 2.05) is 6.07 Å². The largest absolute Gasteiger partial charge is 0.265 e. The number of allylic oxidation sites excluding steroid dienone is 1. The molecule has 2 nitrogen and oxygen atoms in total. The molecular weight excluding hydrogens is 331 g/mol. The van der Waals surface area contributed by atoms with Crippen LogP contribution in [0, 0.1) is 17.1 Å². The molecule has 1 aromatic carbocycles. The Labute approximate surface area is 123 Å². The van der Waals surface area contributed by atoms with Crippen LogP contribution in [0.2, 0.25) is 0 Å². The van der Waals surface area contributed by atoms with E-state index in [9.17, 15) is 9.65 Å². The Bertz CT molecular complexity index is 657. The first-order valence-corrected chi connectivity index (χ1v) is 6.45. The van der Waals surface area contributed by atoms with Crippen molar-refractivity contribution in [3.63, 3.8) is 0 Å². The average Bonchev–Trinajstić information content (AvgIpc) is 2.39. The fourth-order valence-corrected chi connectivity index (χ4v) is 2.31. The van der Waals surface area contributed by atoms with Crippen LogP contribution in [0.25, 0.3) is 10.6 Å². The van der Waals surface area contributed by atoms with Crippen LogP contribution in [0.5, 0.6) is 0 Å². The summed E-state index contributed by atoms with van der Waals surface area (Å²) < 4.78 is 13.9. The van der Waals surface area contributed by atoms with Gasteiger partial charge in [0.25, 0.3) is 0 Å². The van der Waals surface area contributed by atoms with E-state index in [4.69, 9.17) is 11.6 Å². The van der Waals surface area contributed by atoms with Crippen molar-refractivity contribution >= 4 is 38.1 Å². The molecule has 0 amide bonds. The predicted molar refractivity (Wildman–Crippen MR) is 76.6 cm³/mol. The number of hydrogen-bond donors (Lipinski definition) is 0. The maximum Gasteiger partial charge on any atom is 0.124 e. The Kier molecular flexibility index (Phi) is 4.31. The van der Waals surface area contributed by atoms with E-state index in [0.29, 0.717) is 15.6 Å². The molecule has 0 N–H and O–H groups in total. The van der Waals surface area contributed by atoms with E-state index >= 15 is 0 Å². The lowest BCUT2D eigenvalue weighted by Gasteiger charge is -2.05. The highest BCUT2D eigenvalue weighted by atomic mass is 79.9. The van der Waals surface area contributed by atoms with E-state index < -0.39 is 5.82 Å². The Morgan fingerprint density at radius 2 is 1.89 bits per heavy atom. The molecule has 0 aliphatic carbocycles. The fraction of sp³-hybridized carbons (Fsp3) is 0. The van der Waals surface area contributed by atoms with Gasteiger partial charge in [0.1, 0.15) is 11.9 Å². The van der Waals surface area contributed by atoms with Gasteiger partial charge in [-0.3, -0.25) is 4.98 Å². The van der Waals surface area contributed by atoms with Crippen molar-refractivity contribution in [2.24, 2.45) is 0 Å². The number of nitriles is 1. The Morgan fingerprint density at radius 3 is 2.47 bits per heavy atom. The standard InChI is InChI=1S/C14H7BrClFN2/c15-11-5-10(6-12(17)7-11)14(16)13(8-18)9-1-3-19-4-2-9/h1-7H/b14-13+. The minimum atomic E-state index is -0.422. The predicted octanol–water partition coefficient (Wildman–Crippen LogP) is 4.61. The third kappa shape index (κ3) is 3.19. The van der Waals surface area contributed by atoms with Gasteiger partial charge < -0.3 is 0 Å². The smallest absolute Gasteiger partial charge is 0.124 e. The molecule has 2 aromatic rings. The number of nitrogens with zero attached hydrogens (tertiary/aromatic N) is 2. The summed E-state index contributed by atoms with van der Waals surface area (Å²) in [7, 11) is 0. The third-order valence-electron chi connectivity index (χ3n) is 2.42. The Hall–Kier alpha value is -1.70. The Morgan fingerprint density at radius 1 is 1.21 bits per heavy atom. The highest BCUT2D eigenvalue weighted by Crippen LogP contribution is 2.31. The normalized spacial score (nSPS) is 11.7. The number of aromatic nitrogens is 1. The van der Waals surface area contributed by atoms with Gasteiger partial charge in [-0.25, -0.2) is 4.39 Å². The molecule has 0 saturated heterocycles. The van der Waals surface area contributed by atoms with Crippen molar-refractivity contribution in [1.29, 1.82) is 5.26 Å². The minimum Gasteiger partial charge on any atom is -0.265 e. The number of hydrogen-bond acceptors (Lipinski definition) is 2. The first-order valence-electron chi connectivity index (χ1n) is 5.28. The average molecular weight is 338 g/mol. The number of pyridine rings is 1. The molecule has 0 aliphatic heterocycles. The molecule has 19 heavy (non-hydrogen) atoms. The van der Waals surface area contributed by atoms with Gasteiger partial charge in [-0.1, -0.05) is 27.5 Å². The summed E-state index contributed by atoms with van der Waals surface area (Å²) in [6.07, 6.45) is 3.14. The second kappa shape index (κ2) is 5.96. The zero-order chi connectivity index (χ0) is 13.8. The maximum atomic E-state index is 13.4. The van der Waals surface area contributed by atoms with E-state index in [-0.39, 0.29) is 10.6 Å². The fourth-order valence-electron chi connectivity index (χ4n) is 1.58. The molecular formula is C14H7BrClFN2. The molecule has 0 aliphatic rings. The summed E-state index contributed by atoms with van der Waals surface area (Å²) >= 11 is 9.39. The first-order chi connectivity index (χ1) is 9.11. The number of rotatable bonds is 2. The molecule has 0 radical (unpaired) electrons. The number of halogens is 3. The second-order valence-corrected chi connectivity index (χ2v) is 4.99. The van der Waals surface area contributed by atoms with Gasteiger partial charge in [0, 0.05) is 16.9 Å². The van der Waals surface area contributed by atoms with Crippen LogP contribution in [0.1, 0.15) is 11.1 Å². The topological polar surface area (TPSA) is 36.7 Å². The highest BCUT2D eigenvalue weighted by molar-refractivity contribution is 9.10. The molecule has 1 aromatic heterocycles. The first kappa shape index (κ1) is 13.7. The monoisotopic (exact) mass is 336 g/mol. The summed E-state index contributed by atoms with van der Waals surface area (Å²) in [5.74, 6) is -0.422. The van der Waals surface area contributed by atoms with Crippen molar-refractivity contribution in [1.82, 2.24) is 4.98 Å². The molecule has 0 bridgehead atoms. The molecule has 0 fully saturated rings. The van der Waals surface area contributed by atoms with E-state index in [0.717, 1.165) is 0 Å². The molecule has 0 spiro atoms. The van der Waals surface area contributed by atoms with E-state index in [1.165, 1.54) is 12.1 Å². The van der Waals surface area contributed by atoms with Gasteiger partial charge in [-0.05, 0) is 41.5 Å². The van der Waals surface area contributed by atoms with Crippen LogP contribution in [0.4, 0.5) is 4.39 Å². The molecule has 0 saturated carbocycles. The van der Waals surface area contributed by atoms with Crippen molar-refractivity contribution in [3.8, 4) is 6.07 Å². The van der Waals surface area contributed by atoms with Crippen LogP contribution in [-0.4, -0.2) is 4.98 Å². The lowest BCUT2D eigenvalue weighted by atomic mass is 10.0. The Balaban J connectivity index is 2.59. The van der Waals surface area contributed by atoms with Crippen LogP contribution < -0.4 is 0 Å². The summed E-state index contributed by atoms with van der Waals surface area (Å²) in [4.78, 5) is 3.88. The van der Waals surface area contributed by atoms with Gasteiger partial charge >= 0.3 is 0 Å².